The number of sulfonamides is 1. The molecule has 0 unspecified atom stereocenters. The summed E-state index contributed by atoms with van der Waals surface area (Å²) in [4.78, 5) is 11.7. The maximum absolute atomic E-state index is 12.5. The van der Waals surface area contributed by atoms with Crippen LogP contribution in [0.15, 0.2) is 24.3 Å². The van der Waals surface area contributed by atoms with Crippen LogP contribution < -0.4 is 9.62 Å². The van der Waals surface area contributed by atoms with E-state index in [2.05, 4.69) is 5.32 Å². The minimum absolute atomic E-state index is 0.0186. The van der Waals surface area contributed by atoms with Crippen LogP contribution in [0.25, 0.3) is 0 Å². The summed E-state index contributed by atoms with van der Waals surface area (Å²) in [6.07, 6.45) is 3.66. The first-order chi connectivity index (χ1) is 10.5. The van der Waals surface area contributed by atoms with Crippen LogP contribution in [0, 0.1) is 0 Å². The van der Waals surface area contributed by atoms with E-state index >= 15 is 0 Å². The molecule has 1 N–H and O–H groups in total. The van der Waals surface area contributed by atoms with E-state index in [1.54, 1.807) is 0 Å². The molecule has 122 valence electrons. The van der Waals surface area contributed by atoms with E-state index < -0.39 is 10.0 Å². The zero-order chi connectivity index (χ0) is 16.0. The second kappa shape index (κ2) is 7.63. The maximum Gasteiger partial charge on any atom is 0.235 e. The van der Waals surface area contributed by atoms with Gasteiger partial charge in [-0.05, 0) is 30.9 Å². The molecule has 1 aliphatic heterocycles. The number of rotatable bonds is 7. The van der Waals surface area contributed by atoms with Crippen molar-refractivity contribution in [2.75, 3.05) is 23.1 Å². The van der Waals surface area contributed by atoms with Gasteiger partial charge in [0.05, 0.1) is 11.4 Å². The van der Waals surface area contributed by atoms with Crippen molar-refractivity contribution in [3.63, 3.8) is 0 Å². The number of anilines is 1. The lowest BCUT2D eigenvalue weighted by atomic mass is 10.0. The van der Waals surface area contributed by atoms with Crippen molar-refractivity contribution in [2.24, 2.45) is 0 Å². The molecule has 0 saturated carbocycles. The van der Waals surface area contributed by atoms with Crippen molar-refractivity contribution in [1.29, 1.82) is 0 Å². The largest absolute Gasteiger partial charge is 0.356 e. The van der Waals surface area contributed by atoms with Gasteiger partial charge in [-0.25, -0.2) is 8.42 Å². The summed E-state index contributed by atoms with van der Waals surface area (Å²) in [5.74, 6) is -0.332. The lowest BCUT2D eigenvalue weighted by molar-refractivity contribution is -0.120. The SMILES string of the molecule is CCCCNC(=O)CCS(=O)(=O)N1CCCc2ccccc21. The highest BCUT2D eigenvalue weighted by molar-refractivity contribution is 7.92. The van der Waals surface area contributed by atoms with Gasteiger partial charge in [0, 0.05) is 19.5 Å². The Morgan fingerprint density at radius 1 is 1.32 bits per heavy atom. The third-order valence-corrected chi connectivity index (χ3v) is 5.61. The number of nitrogens with zero attached hydrogens (tertiary/aromatic N) is 1. The van der Waals surface area contributed by atoms with Gasteiger partial charge in [0.2, 0.25) is 15.9 Å². The van der Waals surface area contributed by atoms with Gasteiger partial charge in [-0.3, -0.25) is 9.10 Å². The number of fused-ring (bicyclic) bond motifs is 1. The number of aryl methyl sites for hydroxylation is 1. The summed E-state index contributed by atoms with van der Waals surface area (Å²) in [5, 5.41) is 2.76. The highest BCUT2D eigenvalue weighted by Gasteiger charge is 2.27. The molecule has 5 nitrogen and oxygen atoms in total. The topological polar surface area (TPSA) is 66.5 Å². The molecule has 0 atom stereocenters. The summed E-state index contributed by atoms with van der Waals surface area (Å²) in [6.45, 7) is 3.16. The van der Waals surface area contributed by atoms with E-state index in [0.717, 1.165) is 36.9 Å². The minimum atomic E-state index is -3.45. The average molecular weight is 324 g/mol. The Bertz CT molecular complexity index is 614. The standard InChI is InChI=1S/C16H24N2O3S/c1-2-3-11-17-16(19)10-13-22(20,21)18-12-6-8-14-7-4-5-9-15(14)18/h4-5,7,9H,2-3,6,8,10-13H2,1H3,(H,17,19). The van der Waals surface area contributed by atoms with Crippen molar-refractivity contribution in [3.8, 4) is 0 Å². The predicted octanol–water partition coefficient (Wildman–Crippen LogP) is 2.08. The quantitative estimate of drug-likeness (QED) is 0.781. The lowest BCUT2D eigenvalue weighted by Crippen LogP contribution is -2.38. The molecule has 0 radical (unpaired) electrons. The highest BCUT2D eigenvalue weighted by atomic mass is 32.2. The Kier molecular flexibility index (Phi) is 5.83. The second-order valence-corrected chi connectivity index (χ2v) is 7.59. The molecular weight excluding hydrogens is 300 g/mol. The Morgan fingerprint density at radius 3 is 2.86 bits per heavy atom. The monoisotopic (exact) mass is 324 g/mol. The van der Waals surface area contributed by atoms with Crippen molar-refractivity contribution >= 4 is 21.6 Å². The molecule has 1 heterocycles. The molecule has 1 amide bonds. The summed E-state index contributed by atoms with van der Waals surface area (Å²) in [6, 6.07) is 7.59. The van der Waals surface area contributed by atoms with Crippen LogP contribution in [-0.4, -0.2) is 33.2 Å². The fourth-order valence-corrected chi connectivity index (χ4v) is 4.16. The van der Waals surface area contributed by atoms with Gasteiger partial charge < -0.3 is 5.32 Å². The van der Waals surface area contributed by atoms with Gasteiger partial charge in [-0.1, -0.05) is 31.5 Å². The zero-order valence-corrected chi connectivity index (χ0v) is 13.9. The summed E-state index contributed by atoms with van der Waals surface area (Å²) >= 11 is 0. The first-order valence-electron chi connectivity index (χ1n) is 7.89. The Morgan fingerprint density at radius 2 is 2.09 bits per heavy atom. The Hall–Kier alpha value is -1.56. The fourth-order valence-electron chi connectivity index (χ4n) is 2.61. The molecule has 0 saturated heterocycles. The lowest BCUT2D eigenvalue weighted by Gasteiger charge is -2.30. The minimum Gasteiger partial charge on any atom is -0.356 e. The van der Waals surface area contributed by atoms with E-state index in [0.29, 0.717) is 13.1 Å². The number of amides is 1. The molecular formula is C16H24N2O3S. The molecule has 2 rings (SSSR count). The normalized spacial score (nSPS) is 14.5. The van der Waals surface area contributed by atoms with Crippen LogP contribution in [0.1, 0.15) is 38.2 Å². The third kappa shape index (κ3) is 4.22. The van der Waals surface area contributed by atoms with Crippen LogP contribution in [-0.2, 0) is 21.2 Å². The number of unbranched alkanes of at least 4 members (excludes halogenated alkanes) is 1. The van der Waals surface area contributed by atoms with Crippen LogP contribution >= 0.6 is 0 Å². The summed E-state index contributed by atoms with van der Waals surface area (Å²) < 4.78 is 26.5. The van der Waals surface area contributed by atoms with Crippen LogP contribution in [0.4, 0.5) is 5.69 Å². The first kappa shape index (κ1) is 16.8. The predicted molar refractivity (Wildman–Crippen MR) is 88.4 cm³/mol. The van der Waals surface area contributed by atoms with E-state index in [9.17, 15) is 13.2 Å². The van der Waals surface area contributed by atoms with Crippen molar-refractivity contribution < 1.29 is 13.2 Å². The molecule has 0 bridgehead atoms. The smallest absolute Gasteiger partial charge is 0.235 e. The Labute approximate surface area is 132 Å². The van der Waals surface area contributed by atoms with Gasteiger partial charge in [0.15, 0.2) is 0 Å². The number of hydrogen-bond donors (Lipinski definition) is 1. The zero-order valence-electron chi connectivity index (χ0n) is 13.0. The first-order valence-corrected chi connectivity index (χ1v) is 9.50. The number of carbonyl (C=O) groups is 1. The summed E-state index contributed by atoms with van der Waals surface area (Å²) in [5.41, 5.74) is 1.82. The number of para-hydroxylation sites is 1. The number of carbonyl (C=O) groups excluding carboxylic acids is 1. The third-order valence-electron chi connectivity index (χ3n) is 3.84. The molecule has 0 aliphatic carbocycles. The van der Waals surface area contributed by atoms with Crippen LogP contribution in [0.5, 0.6) is 0 Å². The molecule has 6 heteroatoms. The fraction of sp³-hybridized carbons (Fsp3) is 0.562. The molecule has 1 aliphatic rings. The van der Waals surface area contributed by atoms with Gasteiger partial charge in [0.1, 0.15) is 0 Å². The van der Waals surface area contributed by atoms with E-state index in [1.165, 1.54) is 4.31 Å². The van der Waals surface area contributed by atoms with Crippen LogP contribution in [0.2, 0.25) is 0 Å². The molecule has 22 heavy (non-hydrogen) atoms. The molecule has 1 aromatic rings. The second-order valence-electron chi connectivity index (χ2n) is 5.57. The van der Waals surface area contributed by atoms with Gasteiger partial charge in [-0.15, -0.1) is 0 Å². The van der Waals surface area contributed by atoms with Crippen molar-refractivity contribution in [1.82, 2.24) is 5.32 Å². The van der Waals surface area contributed by atoms with Gasteiger partial charge in [-0.2, -0.15) is 0 Å². The number of hydrogen-bond acceptors (Lipinski definition) is 3. The molecule has 0 spiro atoms. The number of nitrogens with one attached hydrogen (secondary N) is 1. The molecule has 1 aromatic carbocycles. The van der Waals surface area contributed by atoms with E-state index in [4.69, 9.17) is 0 Å². The summed E-state index contributed by atoms with van der Waals surface area (Å²) in [7, 11) is -3.45. The molecule has 0 aromatic heterocycles. The highest BCUT2D eigenvalue weighted by Crippen LogP contribution is 2.29. The molecule has 0 fully saturated rings. The Balaban J connectivity index is 1.98. The van der Waals surface area contributed by atoms with Crippen molar-refractivity contribution in [2.45, 2.75) is 39.0 Å². The van der Waals surface area contributed by atoms with Gasteiger partial charge >= 0.3 is 0 Å². The van der Waals surface area contributed by atoms with Crippen molar-refractivity contribution in [3.05, 3.63) is 29.8 Å². The average Bonchev–Trinajstić information content (AvgIpc) is 2.53. The van der Waals surface area contributed by atoms with E-state index in [-0.39, 0.29) is 18.1 Å². The maximum atomic E-state index is 12.5. The van der Waals surface area contributed by atoms with E-state index in [1.807, 2.05) is 31.2 Å². The van der Waals surface area contributed by atoms with Crippen LogP contribution in [0.3, 0.4) is 0 Å². The number of benzene rings is 1. The van der Waals surface area contributed by atoms with Gasteiger partial charge in [0.25, 0.3) is 0 Å².